The quantitative estimate of drug-likeness (QED) is 0.400. The SMILES string of the molecule is Cc1ccc(C)c(S(=O)(=O)Oc2ccccc2C(=O)OCC(=O)NCCN2C(=O)CSC2=O)c1. The first-order chi connectivity index (χ1) is 16.1. The molecule has 1 saturated heterocycles. The zero-order valence-electron chi connectivity index (χ0n) is 18.4. The van der Waals surface area contributed by atoms with Crippen LogP contribution in [0.15, 0.2) is 47.4 Å². The lowest BCUT2D eigenvalue weighted by atomic mass is 10.2. The van der Waals surface area contributed by atoms with Crippen LogP contribution >= 0.6 is 11.8 Å². The van der Waals surface area contributed by atoms with E-state index in [4.69, 9.17) is 8.92 Å². The van der Waals surface area contributed by atoms with E-state index < -0.39 is 28.6 Å². The number of benzene rings is 2. The van der Waals surface area contributed by atoms with Crippen molar-refractivity contribution in [2.45, 2.75) is 18.7 Å². The highest BCUT2D eigenvalue weighted by Gasteiger charge is 2.29. The average molecular weight is 507 g/mol. The number of carbonyl (C=O) groups is 4. The predicted octanol–water partition coefficient (Wildman–Crippen LogP) is 2.04. The Kier molecular flexibility index (Phi) is 7.94. The van der Waals surface area contributed by atoms with Crippen LogP contribution in [0, 0.1) is 13.8 Å². The smallest absolute Gasteiger partial charge is 0.342 e. The van der Waals surface area contributed by atoms with Crippen LogP contribution in [0.4, 0.5) is 4.79 Å². The highest BCUT2D eigenvalue weighted by atomic mass is 32.2. The summed E-state index contributed by atoms with van der Waals surface area (Å²) in [7, 11) is -4.23. The van der Waals surface area contributed by atoms with Crippen molar-refractivity contribution in [1.29, 1.82) is 0 Å². The molecule has 1 heterocycles. The summed E-state index contributed by atoms with van der Waals surface area (Å²) in [4.78, 5) is 48.5. The fraction of sp³-hybridized carbons (Fsp3) is 0.273. The summed E-state index contributed by atoms with van der Waals surface area (Å²) in [5.74, 6) is -2.10. The minimum atomic E-state index is -4.23. The number of aryl methyl sites for hydroxylation is 2. The molecule has 1 N–H and O–H groups in total. The van der Waals surface area contributed by atoms with E-state index in [1.54, 1.807) is 26.0 Å². The van der Waals surface area contributed by atoms with Crippen molar-refractivity contribution in [1.82, 2.24) is 10.2 Å². The van der Waals surface area contributed by atoms with Gasteiger partial charge in [0.1, 0.15) is 10.5 Å². The summed E-state index contributed by atoms with van der Waals surface area (Å²) in [6.07, 6.45) is 0. The van der Waals surface area contributed by atoms with Gasteiger partial charge < -0.3 is 14.2 Å². The molecule has 0 unspecified atom stereocenters. The van der Waals surface area contributed by atoms with Crippen molar-refractivity contribution < 1.29 is 36.5 Å². The Morgan fingerprint density at radius 2 is 1.85 bits per heavy atom. The third kappa shape index (κ3) is 6.14. The number of nitrogens with zero attached hydrogens (tertiary/aromatic N) is 1. The molecule has 0 spiro atoms. The minimum Gasteiger partial charge on any atom is -0.452 e. The van der Waals surface area contributed by atoms with Gasteiger partial charge in [-0.3, -0.25) is 19.3 Å². The van der Waals surface area contributed by atoms with Crippen molar-refractivity contribution in [2.75, 3.05) is 25.4 Å². The standard InChI is InChI=1S/C22H22N2O8S2/c1-14-7-8-15(2)18(11-14)34(29,30)32-17-6-4-3-5-16(17)21(27)31-12-19(25)23-9-10-24-20(26)13-33-22(24)28/h3-8,11H,9-10,12-13H2,1-2H3,(H,23,25). The molecule has 3 amide bonds. The minimum absolute atomic E-state index is 0.00219. The number of nitrogens with one attached hydrogen (secondary N) is 1. The van der Waals surface area contributed by atoms with Gasteiger partial charge in [-0.1, -0.05) is 36.0 Å². The average Bonchev–Trinajstić information content (AvgIpc) is 3.11. The van der Waals surface area contributed by atoms with Crippen molar-refractivity contribution in [2.24, 2.45) is 0 Å². The number of thioether (sulfide) groups is 1. The molecule has 2 aromatic rings. The fourth-order valence-corrected chi connectivity index (χ4v) is 5.03. The topological polar surface area (TPSA) is 136 Å². The van der Waals surface area contributed by atoms with Crippen molar-refractivity contribution in [3.63, 3.8) is 0 Å². The van der Waals surface area contributed by atoms with Gasteiger partial charge in [0.2, 0.25) is 5.91 Å². The summed E-state index contributed by atoms with van der Waals surface area (Å²) in [6.45, 7) is 2.74. The largest absolute Gasteiger partial charge is 0.452 e. The van der Waals surface area contributed by atoms with E-state index in [2.05, 4.69) is 5.32 Å². The molecule has 0 bridgehead atoms. The van der Waals surface area contributed by atoms with Crippen molar-refractivity contribution >= 4 is 44.9 Å². The van der Waals surface area contributed by atoms with Crippen LogP contribution in [-0.2, 0) is 24.4 Å². The Morgan fingerprint density at radius 3 is 2.56 bits per heavy atom. The predicted molar refractivity (Wildman–Crippen MR) is 123 cm³/mol. The molecule has 0 aromatic heterocycles. The van der Waals surface area contributed by atoms with Gasteiger partial charge in [-0.15, -0.1) is 0 Å². The molecule has 1 aliphatic rings. The molecule has 1 fully saturated rings. The van der Waals surface area contributed by atoms with E-state index in [-0.39, 0.29) is 46.2 Å². The number of hydrogen-bond donors (Lipinski definition) is 1. The third-order valence-corrected chi connectivity index (χ3v) is 6.99. The lowest BCUT2D eigenvalue weighted by Crippen LogP contribution is -2.38. The van der Waals surface area contributed by atoms with Gasteiger partial charge in [0, 0.05) is 13.1 Å². The van der Waals surface area contributed by atoms with E-state index in [0.29, 0.717) is 5.56 Å². The highest BCUT2D eigenvalue weighted by molar-refractivity contribution is 8.14. The molecule has 180 valence electrons. The summed E-state index contributed by atoms with van der Waals surface area (Å²) >= 11 is 0.890. The van der Waals surface area contributed by atoms with Gasteiger partial charge in [0.25, 0.3) is 11.1 Å². The monoisotopic (exact) mass is 506 g/mol. The van der Waals surface area contributed by atoms with Gasteiger partial charge in [-0.25, -0.2) is 4.79 Å². The first kappa shape index (κ1) is 25.2. The van der Waals surface area contributed by atoms with Crippen LogP contribution in [-0.4, -0.2) is 61.8 Å². The molecule has 0 saturated carbocycles. The molecule has 0 aliphatic carbocycles. The first-order valence-corrected chi connectivity index (χ1v) is 12.5. The second kappa shape index (κ2) is 10.7. The summed E-state index contributed by atoms with van der Waals surface area (Å²) in [6, 6.07) is 10.5. The van der Waals surface area contributed by atoms with Crippen LogP contribution in [0.2, 0.25) is 0 Å². The Morgan fingerprint density at radius 1 is 1.12 bits per heavy atom. The zero-order valence-corrected chi connectivity index (χ0v) is 20.0. The summed E-state index contributed by atoms with van der Waals surface area (Å²) < 4.78 is 35.8. The molecular formula is C22H22N2O8S2. The molecule has 3 rings (SSSR count). The first-order valence-electron chi connectivity index (χ1n) is 10.1. The van der Waals surface area contributed by atoms with Gasteiger partial charge in [-0.05, 0) is 43.2 Å². The number of imide groups is 1. The number of carbonyl (C=O) groups excluding carboxylic acids is 4. The number of hydrogen-bond acceptors (Lipinski definition) is 9. The summed E-state index contributed by atoms with van der Waals surface area (Å²) in [5, 5.41) is 2.07. The summed E-state index contributed by atoms with van der Waals surface area (Å²) in [5.41, 5.74) is 1.04. The van der Waals surface area contributed by atoms with E-state index >= 15 is 0 Å². The van der Waals surface area contributed by atoms with E-state index in [1.807, 2.05) is 0 Å². The van der Waals surface area contributed by atoms with Crippen LogP contribution < -0.4 is 9.50 Å². The molecule has 0 radical (unpaired) electrons. The fourth-order valence-electron chi connectivity index (χ4n) is 3.01. The molecule has 2 aromatic carbocycles. The number of amides is 3. The van der Waals surface area contributed by atoms with Gasteiger partial charge in [-0.2, -0.15) is 8.42 Å². The van der Waals surface area contributed by atoms with Crippen LogP contribution in [0.1, 0.15) is 21.5 Å². The van der Waals surface area contributed by atoms with E-state index in [9.17, 15) is 27.6 Å². The van der Waals surface area contributed by atoms with Crippen molar-refractivity contribution in [3.8, 4) is 5.75 Å². The maximum atomic E-state index is 12.8. The molecule has 12 heteroatoms. The zero-order chi connectivity index (χ0) is 24.9. The lowest BCUT2D eigenvalue weighted by Gasteiger charge is -2.14. The number of rotatable bonds is 9. The number of para-hydroxylation sites is 1. The lowest BCUT2D eigenvalue weighted by molar-refractivity contribution is -0.126. The normalized spacial score (nSPS) is 13.6. The van der Waals surface area contributed by atoms with Gasteiger partial charge in [0.05, 0.1) is 5.75 Å². The molecule has 10 nitrogen and oxygen atoms in total. The number of esters is 1. The van der Waals surface area contributed by atoms with Crippen LogP contribution in [0.5, 0.6) is 5.75 Å². The maximum Gasteiger partial charge on any atom is 0.342 e. The Balaban J connectivity index is 1.60. The van der Waals surface area contributed by atoms with Crippen molar-refractivity contribution in [3.05, 3.63) is 59.2 Å². The van der Waals surface area contributed by atoms with Crippen LogP contribution in [0.3, 0.4) is 0 Å². The van der Waals surface area contributed by atoms with E-state index in [1.165, 1.54) is 30.3 Å². The molecular weight excluding hydrogens is 484 g/mol. The third-order valence-electron chi connectivity index (χ3n) is 4.75. The van der Waals surface area contributed by atoms with E-state index in [0.717, 1.165) is 22.2 Å². The molecule has 0 atom stereocenters. The van der Waals surface area contributed by atoms with Crippen LogP contribution in [0.25, 0.3) is 0 Å². The molecule has 34 heavy (non-hydrogen) atoms. The molecule has 1 aliphatic heterocycles. The maximum absolute atomic E-state index is 12.8. The van der Waals surface area contributed by atoms with Gasteiger partial charge >= 0.3 is 16.1 Å². The van der Waals surface area contributed by atoms with Gasteiger partial charge in [0.15, 0.2) is 12.4 Å². The Bertz CT molecular complexity index is 1230. The second-order valence-electron chi connectivity index (χ2n) is 7.33. The second-order valence-corrected chi connectivity index (χ2v) is 9.77. The Hall–Kier alpha value is -3.38. The number of ether oxygens (including phenoxy) is 1. The Labute approximate surface area is 200 Å². The highest BCUT2D eigenvalue weighted by Crippen LogP contribution is 2.26.